The number of H-pyrrole nitrogens is 1. The number of nitrogens with zero attached hydrogens (tertiary/aromatic N) is 3. The van der Waals surface area contributed by atoms with Crippen molar-refractivity contribution in [3.63, 3.8) is 0 Å². The van der Waals surface area contributed by atoms with Gasteiger partial charge in [0.1, 0.15) is 11.9 Å². The first-order chi connectivity index (χ1) is 18.7. The molecule has 1 amide bonds. The highest BCUT2D eigenvalue weighted by atomic mass is 16.6. The van der Waals surface area contributed by atoms with Crippen LogP contribution in [0, 0.1) is 42.2 Å². The van der Waals surface area contributed by atoms with Crippen molar-refractivity contribution in [3.8, 4) is 17.6 Å². The molecule has 0 fully saturated rings. The van der Waals surface area contributed by atoms with Gasteiger partial charge in [0.2, 0.25) is 0 Å². The lowest BCUT2D eigenvalue weighted by molar-refractivity contribution is -0.384. The lowest BCUT2D eigenvalue weighted by atomic mass is 10.1. The van der Waals surface area contributed by atoms with Gasteiger partial charge in [-0.2, -0.15) is 5.26 Å². The van der Waals surface area contributed by atoms with Crippen LogP contribution in [0.25, 0.3) is 22.7 Å². The third-order valence-corrected chi connectivity index (χ3v) is 6.11. The molecule has 10 heteroatoms. The van der Waals surface area contributed by atoms with Gasteiger partial charge in [0.15, 0.2) is 18.1 Å². The molecule has 198 valence electrons. The molecule has 1 heterocycles. The van der Waals surface area contributed by atoms with Gasteiger partial charge in [0, 0.05) is 17.8 Å². The molecule has 0 saturated heterocycles. The van der Waals surface area contributed by atoms with Crippen molar-refractivity contribution in [2.24, 2.45) is 0 Å². The number of aromatic amines is 1. The second kappa shape index (κ2) is 11.5. The van der Waals surface area contributed by atoms with E-state index in [2.05, 4.69) is 21.4 Å². The van der Waals surface area contributed by atoms with E-state index < -0.39 is 10.8 Å². The molecule has 0 unspecified atom stereocenters. The van der Waals surface area contributed by atoms with Crippen molar-refractivity contribution in [3.05, 3.63) is 86.7 Å². The van der Waals surface area contributed by atoms with Gasteiger partial charge in [-0.15, -0.1) is 0 Å². The summed E-state index contributed by atoms with van der Waals surface area (Å²) in [5.74, 6) is 0.811. The number of aryl methyl sites for hydroxylation is 3. The highest BCUT2D eigenvalue weighted by molar-refractivity contribution is 5.93. The number of nitro benzene ring substituents is 1. The molecule has 39 heavy (non-hydrogen) atoms. The summed E-state index contributed by atoms with van der Waals surface area (Å²) in [7, 11) is 0. The van der Waals surface area contributed by atoms with Crippen molar-refractivity contribution < 1.29 is 19.2 Å². The van der Waals surface area contributed by atoms with Crippen LogP contribution in [0.1, 0.15) is 35.0 Å². The number of hydrogen-bond donors (Lipinski definition) is 2. The molecule has 4 rings (SSSR count). The normalized spacial score (nSPS) is 11.2. The van der Waals surface area contributed by atoms with E-state index in [4.69, 9.17) is 9.47 Å². The molecule has 0 aliphatic heterocycles. The smallest absolute Gasteiger partial charge is 0.269 e. The lowest BCUT2D eigenvalue weighted by Crippen LogP contribution is -2.21. The van der Waals surface area contributed by atoms with Crippen LogP contribution in [0.3, 0.4) is 0 Å². The Balaban J connectivity index is 1.51. The largest absolute Gasteiger partial charge is 0.490 e. The predicted octanol–water partition coefficient (Wildman–Crippen LogP) is 5.88. The number of aromatic nitrogens is 2. The molecule has 4 aromatic rings. The Bertz CT molecular complexity index is 1610. The van der Waals surface area contributed by atoms with Gasteiger partial charge in [0.25, 0.3) is 11.6 Å². The average molecular weight is 526 g/mol. The molecular formula is C29H27N5O5. The van der Waals surface area contributed by atoms with Gasteiger partial charge < -0.3 is 19.8 Å². The maximum Gasteiger partial charge on any atom is 0.269 e. The van der Waals surface area contributed by atoms with E-state index in [9.17, 15) is 20.2 Å². The molecule has 0 atom stereocenters. The zero-order valence-corrected chi connectivity index (χ0v) is 22.0. The fourth-order valence-corrected chi connectivity index (χ4v) is 3.95. The van der Waals surface area contributed by atoms with Crippen LogP contribution < -0.4 is 14.8 Å². The number of amides is 1. The van der Waals surface area contributed by atoms with Crippen molar-refractivity contribution in [2.45, 2.75) is 27.7 Å². The number of carbonyl (C=O) groups is 1. The van der Waals surface area contributed by atoms with E-state index in [0.29, 0.717) is 46.3 Å². The summed E-state index contributed by atoms with van der Waals surface area (Å²) in [5, 5.41) is 23.4. The highest BCUT2D eigenvalue weighted by Gasteiger charge is 2.14. The molecule has 1 aromatic heterocycles. The van der Waals surface area contributed by atoms with Gasteiger partial charge in [0.05, 0.1) is 28.1 Å². The van der Waals surface area contributed by atoms with Crippen molar-refractivity contribution in [1.29, 1.82) is 5.26 Å². The van der Waals surface area contributed by atoms with E-state index in [1.54, 1.807) is 31.2 Å². The number of non-ortho nitro benzene ring substituents is 1. The number of hydrogen-bond acceptors (Lipinski definition) is 7. The quantitative estimate of drug-likeness (QED) is 0.158. The van der Waals surface area contributed by atoms with Crippen molar-refractivity contribution in [1.82, 2.24) is 9.97 Å². The first-order valence-corrected chi connectivity index (χ1v) is 12.2. The number of allylic oxidation sites excluding steroid dienone is 1. The highest BCUT2D eigenvalue weighted by Crippen LogP contribution is 2.31. The molecule has 0 aliphatic rings. The minimum absolute atomic E-state index is 0.0534. The Morgan fingerprint density at radius 1 is 1.08 bits per heavy atom. The summed E-state index contributed by atoms with van der Waals surface area (Å²) in [6.07, 6.45) is 1.70. The summed E-state index contributed by atoms with van der Waals surface area (Å²) >= 11 is 0. The average Bonchev–Trinajstić information content (AvgIpc) is 3.30. The number of imidazole rings is 1. The summed E-state index contributed by atoms with van der Waals surface area (Å²) in [6, 6.07) is 15.5. The maximum absolute atomic E-state index is 12.5. The molecule has 3 aromatic carbocycles. The fourth-order valence-electron chi connectivity index (χ4n) is 3.95. The minimum atomic E-state index is -0.492. The third kappa shape index (κ3) is 6.22. The van der Waals surface area contributed by atoms with Crippen LogP contribution in [-0.4, -0.2) is 34.0 Å². The Morgan fingerprint density at radius 3 is 2.54 bits per heavy atom. The van der Waals surface area contributed by atoms with E-state index in [-0.39, 0.29) is 12.3 Å². The molecule has 0 radical (unpaired) electrons. The SMILES string of the molecule is CCOc1cc(/C=C(\C#N)c2nc3cc(C)c(C)cc3[nH]2)ccc1OCC(=O)Nc1ccc([N+](=O)[O-])cc1C. The number of nitro groups is 1. The Kier molecular flexibility index (Phi) is 7.91. The fraction of sp³-hybridized carbons (Fsp3) is 0.207. The van der Waals surface area contributed by atoms with Crippen LogP contribution in [0.2, 0.25) is 0 Å². The van der Waals surface area contributed by atoms with E-state index in [1.807, 2.05) is 32.9 Å². The van der Waals surface area contributed by atoms with Crippen molar-refractivity contribution in [2.75, 3.05) is 18.5 Å². The van der Waals surface area contributed by atoms with E-state index in [1.165, 1.54) is 18.2 Å². The Morgan fingerprint density at radius 2 is 1.85 bits per heavy atom. The number of anilines is 1. The summed E-state index contributed by atoms with van der Waals surface area (Å²) < 4.78 is 11.4. The molecule has 0 bridgehead atoms. The standard InChI is InChI=1S/C29H27N5O5/c1-5-38-27-14-20(13-21(15-30)29-32-24-11-17(2)18(3)12-25(24)33-29)6-9-26(27)39-16-28(35)31-23-8-7-22(34(36)37)10-19(23)4/h6-14H,5,16H2,1-4H3,(H,31,35)(H,32,33)/b21-13+. The van der Waals surface area contributed by atoms with Crippen LogP contribution in [0.5, 0.6) is 11.5 Å². The number of benzene rings is 3. The van der Waals surface area contributed by atoms with Gasteiger partial charge >= 0.3 is 0 Å². The van der Waals surface area contributed by atoms with Gasteiger partial charge in [-0.25, -0.2) is 4.98 Å². The van der Waals surface area contributed by atoms with E-state index >= 15 is 0 Å². The zero-order valence-electron chi connectivity index (χ0n) is 22.0. The predicted molar refractivity (Wildman–Crippen MR) is 149 cm³/mol. The van der Waals surface area contributed by atoms with Gasteiger partial charge in [-0.3, -0.25) is 14.9 Å². The van der Waals surface area contributed by atoms with E-state index in [0.717, 1.165) is 22.2 Å². The zero-order chi connectivity index (χ0) is 28.1. The third-order valence-electron chi connectivity index (χ3n) is 6.11. The lowest BCUT2D eigenvalue weighted by Gasteiger charge is -2.13. The number of nitrogens with one attached hydrogen (secondary N) is 2. The van der Waals surface area contributed by atoms with Gasteiger partial charge in [-0.1, -0.05) is 6.07 Å². The molecular weight excluding hydrogens is 498 g/mol. The van der Waals surface area contributed by atoms with Crippen molar-refractivity contribution >= 4 is 40.0 Å². The number of carbonyl (C=O) groups excluding carboxylic acids is 1. The molecule has 10 nitrogen and oxygen atoms in total. The molecule has 0 saturated carbocycles. The van der Waals surface area contributed by atoms with Crippen LogP contribution >= 0.6 is 0 Å². The number of ether oxygens (including phenoxy) is 2. The maximum atomic E-state index is 12.5. The van der Waals surface area contributed by atoms with Crippen LogP contribution in [-0.2, 0) is 4.79 Å². The monoisotopic (exact) mass is 525 g/mol. The topological polar surface area (TPSA) is 143 Å². The molecule has 0 aliphatic carbocycles. The second-order valence-corrected chi connectivity index (χ2v) is 8.94. The summed E-state index contributed by atoms with van der Waals surface area (Å²) in [5.41, 5.74) is 5.92. The first-order valence-electron chi connectivity index (χ1n) is 12.2. The Hall–Kier alpha value is -5.17. The van der Waals surface area contributed by atoms with Crippen LogP contribution in [0.15, 0.2) is 48.5 Å². The Labute approximate surface area is 225 Å². The van der Waals surface area contributed by atoms with Crippen LogP contribution in [0.4, 0.5) is 11.4 Å². The molecule has 2 N–H and O–H groups in total. The number of rotatable bonds is 9. The minimum Gasteiger partial charge on any atom is -0.490 e. The number of fused-ring (bicyclic) bond motifs is 1. The van der Waals surface area contributed by atoms with Gasteiger partial charge in [-0.05, 0) is 86.4 Å². The summed E-state index contributed by atoms with van der Waals surface area (Å²) in [4.78, 5) is 30.7. The first kappa shape index (κ1) is 26.9. The second-order valence-electron chi connectivity index (χ2n) is 8.94. The molecule has 0 spiro atoms. The number of nitriles is 1. The summed E-state index contributed by atoms with van der Waals surface area (Å²) in [6.45, 7) is 7.61.